The number of hydrogen-bond acceptors (Lipinski definition) is 4. The second-order valence-corrected chi connectivity index (χ2v) is 5.17. The summed E-state index contributed by atoms with van der Waals surface area (Å²) in [4.78, 5) is 6.35. The smallest absolute Gasteiger partial charge is 0.337 e. The summed E-state index contributed by atoms with van der Waals surface area (Å²) in [5.74, 6) is 0.652. The van der Waals surface area contributed by atoms with E-state index >= 15 is 0 Å². The topological polar surface area (TPSA) is 42.2 Å². The van der Waals surface area contributed by atoms with Crippen LogP contribution < -0.4 is 0 Å². The van der Waals surface area contributed by atoms with Crippen LogP contribution in [0.2, 0.25) is 0 Å². The van der Waals surface area contributed by atoms with Gasteiger partial charge in [0.25, 0.3) is 0 Å². The van der Waals surface area contributed by atoms with Crippen molar-refractivity contribution in [3.63, 3.8) is 0 Å². The highest BCUT2D eigenvalue weighted by molar-refractivity contribution is 5.55. The SMILES string of the molecule is CN1CCC[C@H]1c1nc(-c2cccc(C(F)(F)F)c2)no1. The molecule has 0 spiro atoms. The molecular formula is C14H14F3N3O. The van der Waals surface area contributed by atoms with Crippen molar-refractivity contribution in [3.05, 3.63) is 35.7 Å². The molecule has 7 heteroatoms. The molecule has 0 radical (unpaired) electrons. The van der Waals surface area contributed by atoms with E-state index in [-0.39, 0.29) is 11.9 Å². The number of aromatic nitrogens is 2. The normalized spacial score (nSPS) is 20.1. The van der Waals surface area contributed by atoms with E-state index in [4.69, 9.17) is 4.52 Å². The Morgan fingerprint density at radius 2 is 2.14 bits per heavy atom. The van der Waals surface area contributed by atoms with E-state index in [1.54, 1.807) is 6.07 Å². The molecule has 21 heavy (non-hydrogen) atoms. The van der Waals surface area contributed by atoms with Crippen molar-refractivity contribution in [2.45, 2.75) is 25.1 Å². The Hall–Kier alpha value is -1.89. The Balaban J connectivity index is 1.90. The molecule has 1 aliphatic heterocycles. The van der Waals surface area contributed by atoms with Crippen LogP contribution in [-0.4, -0.2) is 28.6 Å². The molecule has 1 aromatic heterocycles. The van der Waals surface area contributed by atoms with Crippen LogP contribution in [0.5, 0.6) is 0 Å². The van der Waals surface area contributed by atoms with Crippen molar-refractivity contribution in [2.24, 2.45) is 0 Å². The maximum atomic E-state index is 12.7. The molecule has 1 atom stereocenters. The van der Waals surface area contributed by atoms with E-state index in [1.165, 1.54) is 6.07 Å². The maximum Gasteiger partial charge on any atom is 0.416 e. The Morgan fingerprint density at radius 3 is 2.81 bits per heavy atom. The molecule has 1 fully saturated rings. The average Bonchev–Trinajstić information content (AvgIpc) is 3.06. The van der Waals surface area contributed by atoms with Gasteiger partial charge in [0.05, 0.1) is 11.6 Å². The Labute approximate surface area is 119 Å². The molecule has 1 aromatic carbocycles. The quantitative estimate of drug-likeness (QED) is 0.850. The first-order chi connectivity index (χ1) is 9.95. The van der Waals surface area contributed by atoms with Gasteiger partial charge in [0.1, 0.15) is 0 Å². The van der Waals surface area contributed by atoms with Crippen LogP contribution >= 0.6 is 0 Å². The highest BCUT2D eigenvalue weighted by atomic mass is 19.4. The molecule has 1 saturated heterocycles. The van der Waals surface area contributed by atoms with Crippen LogP contribution in [0, 0.1) is 0 Å². The third-order valence-electron chi connectivity index (χ3n) is 3.70. The standard InChI is InChI=1S/C14H14F3N3O/c1-20-7-3-6-11(20)13-18-12(19-21-13)9-4-2-5-10(8-9)14(15,16)17/h2,4-5,8,11H,3,6-7H2,1H3/t11-/m0/s1. The largest absolute Gasteiger partial charge is 0.416 e. The fourth-order valence-corrected chi connectivity index (χ4v) is 2.54. The van der Waals surface area contributed by atoms with E-state index in [1.807, 2.05) is 7.05 Å². The lowest BCUT2D eigenvalue weighted by molar-refractivity contribution is -0.137. The lowest BCUT2D eigenvalue weighted by atomic mass is 10.1. The summed E-state index contributed by atoms with van der Waals surface area (Å²) in [7, 11) is 1.96. The summed E-state index contributed by atoms with van der Waals surface area (Å²) in [5, 5.41) is 3.81. The van der Waals surface area contributed by atoms with Gasteiger partial charge in [-0.2, -0.15) is 18.2 Å². The summed E-state index contributed by atoms with van der Waals surface area (Å²) in [6, 6.07) is 5.00. The summed E-state index contributed by atoms with van der Waals surface area (Å²) in [6.07, 6.45) is -2.42. The number of alkyl halides is 3. The highest BCUT2D eigenvalue weighted by Crippen LogP contribution is 2.33. The molecule has 0 bridgehead atoms. The van der Waals surface area contributed by atoms with Crippen LogP contribution in [0.1, 0.15) is 30.3 Å². The molecule has 0 amide bonds. The Kier molecular flexibility index (Phi) is 3.44. The molecule has 1 aliphatic rings. The van der Waals surface area contributed by atoms with Gasteiger partial charge in [-0.15, -0.1) is 0 Å². The molecule has 3 rings (SSSR count). The van der Waals surface area contributed by atoms with Gasteiger partial charge in [0.2, 0.25) is 11.7 Å². The predicted molar refractivity (Wildman–Crippen MR) is 69.3 cm³/mol. The van der Waals surface area contributed by atoms with Crippen LogP contribution in [0.3, 0.4) is 0 Å². The number of likely N-dealkylation sites (tertiary alicyclic amines) is 1. The summed E-state index contributed by atoms with van der Waals surface area (Å²) in [5.41, 5.74) is -0.412. The van der Waals surface area contributed by atoms with E-state index < -0.39 is 11.7 Å². The van der Waals surface area contributed by atoms with Gasteiger partial charge in [0.15, 0.2) is 0 Å². The first-order valence-electron chi connectivity index (χ1n) is 6.66. The molecule has 112 valence electrons. The molecule has 0 saturated carbocycles. The van der Waals surface area contributed by atoms with Crippen molar-refractivity contribution in [3.8, 4) is 11.4 Å². The maximum absolute atomic E-state index is 12.7. The van der Waals surface area contributed by atoms with Crippen LogP contribution in [0.15, 0.2) is 28.8 Å². The third-order valence-corrected chi connectivity index (χ3v) is 3.70. The second kappa shape index (κ2) is 5.14. The zero-order chi connectivity index (χ0) is 15.0. The fourth-order valence-electron chi connectivity index (χ4n) is 2.54. The number of hydrogen-bond donors (Lipinski definition) is 0. The molecule has 2 aromatic rings. The van der Waals surface area contributed by atoms with Crippen molar-refractivity contribution >= 4 is 0 Å². The number of rotatable bonds is 2. The minimum Gasteiger partial charge on any atom is -0.337 e. The lowest BCUT2D eigenvalue weighted by Crippen LogP contribution is -2.17. The van der Waals surface area contributed by atoms with E-state index in [9.17, 15) is 13.2 Å². The average molecular weight is 297 g/mol. The molecule has 0 unspecified atom stereocenters. The number of benzene rings is 1. The first-order valence-corrected chi connectivity index (χ1v) is 6.66. The summed E-state index contributed by atoms with van der Waals surface area (Å²) >= 11 is 0. The van der Waals surface area contributed by atoms with Crippen molar-refractivity contribution in [1.82, 2.24) is 15.0 Å². The molecular weight excluding hydrogens is 283 g/mol. The third kappa shape index (κ3) is 2.78. The van der Waals surface area contributed by atoms with Gasteiger partial charge >= 0.3 is 6.18 Å². The van der Waals surface area contributed by atoms with Gasteiger partial charge < -0.3 is 4.52 Å². The van der Waals surface area contributed by atoms with Crippen molar-refractivity contribution in [2.75, 3.05) is 13.6 Å². The Morgan fingerprint density at radius 1 is 1.33 bits per heavy atom. The van der Waals surface area contributed by atoms with E-state index in [2.05, 4.69) is 15.0 Å². The summed E-state index contributed by atoms with van der Waals surface area (Å²) in [6.45, 7) is 0.950. The van der Waals surface area contributed by atoms with Crippen LogP contribution in [0.25, 0.3) is 11.4 Å². The van der Waals surface area contributed by atoms with Gasteiger partial charge in [-0.05, 0) is 38.6 Å². The minimum atomic E-state index is -4.38. The van der Waals surface area contributed by atoms with Gasteiger partial charge in [-0.25, -0.2) is 0 Å². The van der Waals surface area contributed by atoms with Crippen molar-refractivity contribution < 1.29 is 17.7 Å². The zero-order valence-corrected chi connectivity index (χ0v) is 11.4. The van der Waals surface area contributed by atoms with Gasteiger partial charge in [-0.3, -0.25) is 4.90 Å². The first kappa shape index (κ1) is 14.1. The van der Waals surface area contributed by atoms with Crippen LogP contribution in [0.4, 0.5) is 13.2 Å². The second-order valence-electron chi connectivity index (χ2n) is 5.17. The molecule has 4 nitrogen and oxygen atoms in total. The monoisotopic (exact) mass is 297 g/mol. The minimum absolute atomic E-state index is 0.0528. The summed E-state index contributed by atoms with van der Waals surface area (Å²) < 4.78 is 43.4. The Bertz CT molecular complexity index is 638. The molecule has 2 heterocycles. The zero-order valence-electron chi connectivity index (χ0n) is 11.4. The molecule has 0 N–H and O–H groups in total. The lowest BCUT2D eigenvalue weighted by Gasteiger charge is -2.14. The van der Waals surface area contributed by atoms with Gasteiger partial charge in [0, 0.05) is 5.56 Å². The van der Waals surface area contributed by atoms with E-state index in [0.29, 0.717) is 11.5 Å². The number of halogens is 3. The van der Waals surface area contributed by atoms with Crippen molar-refractivity contribution in [1.29, 1.82) is 0 Å². The fraction of sp³-hybridized carbons (Fsp3) is 0.429. The van der Waals surface area contributed by atoms with Crippen LogP contribution in [-0.2, 0) is 6.18 Å². The highest BCUT2D eigenvalue weighted by Gasteiger charge is 2.31. The van der Waals surface area contributed by atoms with E-state index in [0.717, 1.165) is 31.5 Å². The van der Waals surface area contributed by atoms with Gasteiger partial charge in [-0.1, -0.05) is 17.3 Å². The number of nitrogens with zero attached hydrogens (tertiary/aromatic N) is 3. The molecule has 0 aliphatic carbocycles. The predicted octanol–water partition coefficient (Wildman–Crippen LogP) is 3.52.